The maximum atomic E-state index is 13.5. The van der Waals surface area contributed by atoms with E-state index >= 15 is 0 Å². The standard InChI is InChI=1S/C12H13FN4OS/c1-7-6-19-9(17-7)3-5-16-12(18)8-2-4-15-11(14)10(8)13/h2,4,6H,3,5H2,1H3,(H2,14,15)(H,16,18). The number of amides is 1. The van der Waals surface area contributed by atoms with E-state index in [2.05, 4.69) is 15.3 Å². The van der Waals surface area contributed by atoms with Crippen molar-refractivity contribution in [3.63, 3.8) is 0 Å². The first-order valence-corrected chi connectivity index (χ1v) is 6.55. The molecule has 5 nitrogen and oxygen atoms in total. The molecule has 0 bridgehead atoms. The van der Waals surface area contributed by atoms with Crippen LogP contribution in [-0.4, -0.2) is 22.4 Å². The zero-order chi connectivity index (χ0) is 13.8. The molecule has 0 aliphatic heterocycles. The van der Waals surface area contributed by atoms with Crippen molar-refractivity contribution >= 4 is 23.1 Å². The van der Waals surface area contributed by atoms with Crippen LogP contribution in [0.4, 0.5) is 10.2 Å². The summed E-state index contributed by atoms with van der Waals surface area (Å²) >= 11 is 1.54. The van der Waals surface area contributed by atoms with Crippen LogP contribution in [-0.2, 0) is 6.42 Å². The van der Waals surface area contributed by atoms with E-state index < -0.39 is 11.7 Å². The zero-order valence-corrected chi connectivity index (χ0v) is 11.1. The van der Waals surface area contributed by atoms with E-state index in [1.54, 1.807) is 0 Å². The predicted molar refractivity (Wildman–Crippen MR) is 71.5 cm³/mol. The Labute approximate surface area is 113 Å². The third-order valence-corrected chi connectivity index (χ3v) is 3.48. The van der Waals surface area contributed by atoms with Crippen LogP contribution in [0, 0.1) is 12.7 Å². The van der Waals surface area contributed by atoms with E-state index in [-0.39, 0.29) is 11.4 Å². The number of aromatic nitrogens is 2. The summed E-state index contributed by atoms with van der Waals surface area (Å²) in [4.78, 5) is 19.6. The van der Waals surface area contributed by atoms with Crippen molar-refractivity contribution in [3.8, 4) is 0 Å². The molecule has 7 heteroatoms. The first-order valence-electron chi connectivity index (χ1n) is 5.67. The molecular weight excluding hydrogens is 267 g/mol. The van der Waals surface area contributed by atoms with Gasteiger partial charge in [0.2, 0.25) is 0 Å². The van der Waals surface area contributed by atoms with Gasteiger partial charge in [0.15, 0.2) is 11.6 Å². The summed E-state index contributed by atoms with van der Waals surface area (Å²) in [7, 11) is 0. The summed E-state index contributed by atoms with van der Waals surface area (Å²) in [5.41, 5.74) is 6.17. The molecular formula is C12H13FN4OS. The number of aryl methyl sites for hydroxylation is 1. The molecule has 19 heavy (non-hydrogen) atoms. The van der Waals surface area contributed by atoms with Crippen LogP contribution in [0.5, 0.6) is 0 Å². The van der Waals surface area contributed by atoms with Gasteiger partial charge in [-0.15, -0.1) is 11.3 Å². The Balaban J connectivity index is 1.93. The van der Waals surface area contributed by atoms with E-state index in [0.717, 1.165) is 10.7 Å². The van der Waals surface area contributed by atoms with Crippen LogP contribution in [0.2, 0.25) is 0 Å². The Morgan fingerprint density at radius 1 is 1.58 bits per heavy atom. The average Bonchev–Trinajstić information content (AvgIpc) is 2.78. The number of rotatable bonds is 4. The number of hydrogen-bond acceptors (Lipinski definition) is 5. The molecule has 0 aromatic carbocycles. The fourth-order valence-electron chi connectivity index (χ4n) is 1.53. The first-order chi connectivity index (χ1) is 9.08. The number of nitrogen functional groups attached to an aromatic ring is 1. The molecule has 0 aliphatic carbocycles. The quantitative estimate of drug-likeness (QED) is 0.890. The normalized spacial score (nSPS) is 10.4. The number of nitrogens with zero attached hydrogens (tertiary/aromatic N) is 2. The SMILES string of the molecule is Cc1csc(CCNC(=O)c2ccnc(N)c2F)n1. The molecule has 0 spiro atoms. The van der Waals surface area contributed by atoms with Crippen molar-refractivity contribution in [1.82, 2.24) is 15.3 Å². The van der Waals surface area contributed by atoms with Crippen LogP contribution >= 0.6 is 11.3 Å². The van der Waals surface area contributed by atoms with Gasteiger partial charge in [-0.25, -0.2) is 14.4 Å². The van der Waals surface area contributed by atoms with E-state index in [1.807, 2.05) is 12.3 Å². The van der Waals surface area contributed by atoms with E-state index in [9.17, 15) is 9.18 Å². The summed E-state index contributed by atoms with van der Waals surface area (Å²) in [5.74, 6) is -1.56. The molecule has 0 radical (unpaired) electrons. The highest BCUT2D eigenvalue weighted by molar-refractivity contribution is 7.09. The minimum absolute atomic E-state index is 0.0946. The van der Waals surface area contributed by atoms with Gasteiger partial charge in [-0.2, -0.15) is 0 Å². The summed E-state index contributed by atoms with van der Waals surface area (Å²) in [6.45, 7) is 2.31. The van der Waals surface area contributed by atoms with Crippen molar-refractivity contribution in [3.05, 3.63) is 39.7 Å². The third-order valence-electron chi connectivity index (χ3n) is 2.45. The average molecular weight is 280 g/mol. The van der Waals surface area contributed by atoms with Gasteiger partial charge in [-0.1, -0.05) is 0 Å². The maximum Gasteiger partial charge on any atom is 0.254 e. The zero-order valence-electron chi connectivity index (χ0n) is 10.3. The lowest BCUT2D eigenvalue weighted by Crippen LogP contribution is -2.27. The van der Waals surface area contributed by atoms with Gasteiger partial charge in [0, 0.05) is 30.2 Å². The Bertz CT molecular complexity index is 599. The molecule has 3 N–H and O–H groups in total. The number of nitrogens with one attached hydrogen (secondary N) is 1. The number of thiazole rings is 1. The number of hydrogen-bond donors (Lipinski definition) is 2. The molecule has 2 heterocycles. The van der Waals surface area contributed by atoms with Gasteiger partial charge in [0.05, 0.1) is 10.6 Å². The summed E-state index contributed by atoms with van der Waals surface area (Å²) in [6.07, 6.45) is 1.92. The number of carbonyl (C=O) groups excluding carboxylic acids is 1. The second kappa shape index (κ2) is 5.75. The number of pyridine rings is 1. The largest absolute Gasteiger partial charge is 0.381 e. The molecule has 0 aliphatic rings. The van der Waals surface area contributed by atoms with Crippen LogP contribution in [0.1, 0.15) is 21.1 Å². The van der Waals surface area contributed by atoms with Gasteiger partial charge in [-0.05, 0) is 13.0 Å². The molecule has 0 atom stereocenters. The Morgan fingerprint density at radius 2 is 2.37 bits per heavy atom. The summed E-state index contributed by atoms with van der Waals surface area (Å²) in [5, 5.41) is 5.51. The highest BCUT2D eigenvalue weighted by Gasteiger charge is 2.14. The number of carbonyl (C=O) groups is 1. The highest BCUT2D eigenvalue weighted by Crippen LogP contribution is 2.12. The fraction of sp³-hybridized carbons (Fsp3) is 0.250. The molecule has 1 amide bonds. The lowest BCUT2D eigenvalue weighted by atomic mass is 10.2. The smallest absolute Gasteiger partial charge is 0.254 e. The van der Waals surface area contributed by atoms with Crippen molar-refractivity contribution in [2.45, 2.75) is 13.3 Å². The monoisotopic (exact) mass is 280 g/mol. The lowest BCUT2D eigenvalue weighted by Gasteiger charge is -2.05. The Hall–Kier alpha value is -2.02. The minimum atomic E-state index is -0.787. The van der Waals surface area contributed by atoms with E-state index in [4.69, 9.17) is 5.73 Å². The van der Waals surface area contributed by atoms with Crippen molar-refractivity contribution in [2.24, 2.45) is 0 Å². The van der Waals surface area contributed by atoms with Crippen LogP contribution in [0.25, 0.3) is 0 Å². The van der Waals surface area contributed by atoms with Crippen LogP contribution < -0.4 is 11.1 Å². The number of anilines is 1. The van der Waals surface area contributed by atoms with Gasteiger partial charge in [0.25, 0.3) is 5.91 Å². The van der Waals surface area contributed by atoms with Gasteiger partial charge in [0.1, 0.15) is 0 Å². The molecule has 2 aromatic heterocycles. The molecule has 100 valence electrons. The maximum absolute atomic E-state index is 13.5. The molecule has 2 rings (SSSR count). The van der Waals surface area contributed by atoms with Crippen molar-refractivity contribution < 1.29 is 9.18 Å². The predicted octanol–water partition coefficient (Wildman–Crippen LogP) is 1.54. The second-order valence-electron chi connectivity index (χ2n) is 3.95. The fourth-order valence-corrected chi connectivity index (χ4v) is 2.31. The summed E-state index contributed by atoms with van der Waals surface area (Å²) in [6, 6.07) is 1.30. The topological polar surface area (TPSA) is 80.9 Å². The first kappa shape index (κ1) is 13.4. The van der Waals surface area contributed by atoms with Crippen molar-refractivity contribution in [2.75, 3.05) is 12.3 Å². The van der Waals surface area contributed by atoms with E-state index in [0.29, 0.717) is 13.0 Å². The third kappa shape index (κ3) is 3.25. The molecule has 0 unspecified atom stereocenters. The van der Waals surface area contributed by atoms with Crippen molar-refractivity contribution in [1.29, 1.82) is 0 Å². The van der Waals surface area contributed by atoms with Gasteiger partial charge < -0.3 is 11.1 Å². The van der Waals surface area contributed by atoms with Gasteiger partial charge >= 0.3 is 0 Å². The highest BCUT2D eigenvalue weighted by atomic mass is 32.1. The lowest BCUT2D eigenvalue weighted by molar-refractivity contribution is 0.0950. The van der Waals surface area contributed by atoms with Gasteiger partial charge in [-0.3, -0.25) is 4.79 Å². The van der Waals surface area contributed by atoms with Crippen LogP contribution in [0.3, 0.4) is 0 Å². The number of halogens is 1. The van der Waals surface area contributed by atoms with E-state index in [1.165, 1.54) is 23.6 Å². The Kier molecular flexibility index (Phi) is 4.06. The van der Waals surface area contributed by atoms with Crippen LogP contribution in [0.15, 0.2) is 17.6 Å². The number of nitrogens with two attached hydrogens (primary N) is 1. The second-order valence-corrected chi connectivity index (χ2v) is 4.89. The minimum Gasteiger partial charge on any atom is -0.381 e. The summed E-state index contributed by atoms with van der Waals surface area (Å²) < 4.78 is 13.5. The molecule has 0 saturated heterocycles. The molecule has 0 saturated carbocycles. The molecule has 2 aromatic rings. The Morgan fingerprint density at radius 3 is 3.05 bits per heavy atom. The molecule has 0 fully saturated rings.